The van der Waals surface area contributed by atoms with Crippen molar-refractivity contribution in [1.29, 1.82) is 0 Å². The second-order valence-electron chi connectivity index (χ2n) is 5.26. The Balaban J connectivity index is 2.59. The average Bonchev–Trinajstić information content (AvgIpc) is 2.70. The van der Waals surface area contributed by atoms with E-state index in [2.05, 4.69) is 60.5 Å². The average molecular weight is 246 g/mol. The van der Waals surface area contributed by atoms with Crippen LogP contribution in [0.5, 0.6) is 0 Å². The molecule has 0 spiro atoms. The molecule has 18 heavy (non-hydrogen) atoms. The van der Waals surface area contributed by atoms with Crippen molar-refractivity contribution in [3.05, 3.63) is 23.8 Å². The minimum Gasteiger partial charge on any atom is -0.367 e. The van der Waals surface area contributed by atoms with Crippen molar-refractivity contribution in [2.75, 3.05) is 5.32 Å². The van der Waals surface area contributed by atoms with Crippen LogP contribution in [-0.2, 0) is 6.42 Å². The predicted molar refractivity (Wildman–Crippen MR) is 75.2 cm³/mol. The molecule has 4 nitrogen and oxygen atoms in total. The van der Waals surface area contributed by atoms with Crippen molar-refractivity contribution in [2.24, 2.45) is 0 Å². The lowest BCUT2D eigenvalue weighted by Crippen LogP contribution is -2.13. The van der Waals surface area contributed by atoms with Crippen molar-refractivity contribution in [2.45, 2.75) is 53.0 Å². The highest BCUT2D eigenvalue weighted by atomic mass is 15.1. The van der Waals surface area contributed by atoms with Crippen LogP contribution in [0.1, 0.15) is 51.9 Å². The summed E-state index contributed by atoms with van der Waals surface area (Å²) in [6, 6.07) is 0.380. The molecule has 0 amide bonds. The summed E-state index contributed by atoms with van der Waals surface area (Å²) in [6.45, 7) is 10.7. The smallest absolute Gasteiger partial charge is 0.158 e. The maximum atomic E-state index is 4.64. The zero-order valence-corrected chi connectivity index (χ0v) is 11.9. The third-order valence-electron chi connectivity index (χ3n) is 2.95. The first kappa shape index (κ1) is 12.9. The molecule has 0 aliphatic rings. The Bertz CT molecular complexity index is 540. The van der Waals surface area contributed by atoms with Crippen LogP contribution in [0, 0.1) is 0 Å². The van der Waals surface area contributed by atoms with E-state index in [9.17, 15) is 0 Å². The van der Waals surface area contributed by atoms with E-state index in [1.165, 1.54) is 5.69 Å². The van der Waals surface area contributed by atoms with Crippen LogP contribution in [0.4, 0.5) is 5.82 Å². The molecule has 0 aliphatic heterocycles. The normalized spacial score (nSPS) is 11.7. The molecule has 2 rings (SSSR count). The standard InChI is InChI=1S/C14H22N4/c1-6-11-14-15-7-12(9(2)3)18(14)8-13(17-11)16-10(4)5/h7-10,16H,6H2,1-5H3. The highest BCUT2D eigenvalue weighted by Gasteiger charge is 2.12. The number of nitrogens with one attached hydrogen (secondary N) is 1. The summed E-state index contributed by atoms with van der Waals surface area (Å²) in [6.07, 6.45) is 4.91. The number of fused-ring (bicyclic) bond motifs is 1. The van der Waals surface area contributed by atoms with Crippen LogP contribution >= 0.6 is 0 Å². The molecule has 0 bridgehead atoms. The number of imidazole rings is 1. The molecule has 0 saturated carbocycles. The van der Waals surface area contributed by atoms with Crippen LogP contribution in [0.25, 0.3) is 5.65 Å². The number of hydrogen-bond donors (Lipinski definition) is 1. The summed E-state index contributed by atoms with van der Waals surface area (Å²) >= 11 is 0. The van der Waals surface area contributed by atoms with Crippen LogP contribution in [0.2, 0.25) is 0 Å². The number of aromatic nitrogens is 3. The second-order valence-corrected chi connectivity index (χ2v) is 5.26. The van der Waals surface area contributed by atoms with Crippen LogP contribution < -0.4 is 5.32 Å². The van der Waals surface area contributed by atoms with Gasteiger partial charge in [-0.1, -0.05) is 20.8 Å². The monoisotopic (exact) mass is 246 g/mol. The quantitative estimate of drug-likeness (QED) is 0.900. The van der Waals surface area contributed by atoms with Gasteiger partial charge in [-0.3, -0.25) is 4.40 Å². The largest absolute Gasteiger partial charge is 0.367 e. The molecular formula is C14H22N4. The number of rotatable bonds is 4. The van der Waals surface area contributed by atoms with Gasteiger partial charge in [0.25, 0.3) is 0 Å². The van der Waals surface area contributed by atoms with Gasteiger partial charge in [-0.25, -0.2) is 9.97 Å². The summed E-state index contributed by atoms with van der Waals surface area (Å²) < 4.78 is 2.17. The maximum absolute atomic E-state index is 4.64. The molecular weight excluding hydrogens is 224 g/mol. The van der Waals surface area contributed by atoms with Crippen molar-refractivity contribution >= 4 is 11.5 Å². The lowest BCUT2D eigenvalue weighted by molar-refractivity contribution is 0.800. The molecule has 0 aromatic carbocycles. The third kappa shape index (κ3) is 2.33. The molecule has 0 atom stereocenters. The molecule has 0 radical (unpaired) electrons. The topological polar surface area (TPSA) is 42.2 Å². The van der Waals surface area contributed by atoms with Gasteiger partial charge in [0.2, 0.25) is 0 Å². The van der Waals surface area contributed by atoms with Gasteiger partial charge in [-0.05, 0) is 26.2 Å². The van der Waals surface area contributed by atoms with E-state index in [0.29, 0.717) is 12.0 Å². The SMILES string of the molecule is CCc1nc(NC(C)C)cn2c(C(C)C)cnc12. The fraction of sp³-hybridized carbons (Fsp3) is 0.571. The van der Waals surface area contributed by atoms with Gasteiger partial charge in [0.1, 0.15) is 5.82 Å². The Hall–Kier alpha value is -1.58. The first-order valence-corrected chi connectivity index (χ1v) is 6.66. The molecule has 0 aliphatic carbocycles. The molecule has 4 heteroatoms. The summed E-state index contributed by atoms with van der Waals surface area (Å²) in [4.78, 5) is 9.14. The van der Waals surface area contributed by atoms with Gasteiger partial charge in [0.05, 0.1) is 11.9 Å². The highest BCUT2D eigenvalue weighted by Crippen LogP contribution is 2.20. The van der Waals surface area contributed by atoms with Crippen LogP contribution in [0.15, 0.2) is 12.4 Å². The van der Waals surface area contributed by atoms with E-state index in [-0.39, 0.29) is 0 Å². The molecule has 2 heterocycles. The molecule has 0 unspecified atom stereocenters. The van der Waals surface area contributed by atoms with Crippen molar-refractivity contribution in [3.63, 3.8) is 0 Å². The van der Waals surface area contributed by atoms with Gasteiger partial charge >= 0.3 is 0 Å². The number of hydrogen-bond acceptors (Lipinski definition) is 3. The van der Waals surface area contributed by atoms with E-state index < -0.39 is 0 Å². The third-order valence-corrected chi connectivity index (χ3v) is 2.95. The van der Waals surface area contributed by atoms with E-state index in [1.54, 1.807) is 0 Å². The zero-order chi connectivity index (χ0) is 13.3. The zero-order valence-electron chi connectivity index (χ0n) is 11.9. The lowest BCUT2D eigenvalue weighted by atomic mass is 10.1. The van der Waals surface area contributed by atoms with Crippen molar-refractivity contribution in [1.82, 2.24) is 14.4 Å². The van der Waals surface area contributed by atoms with E-state index >= 15 is 0 Å². The fourth-order valence-electron chi connectivity index (χ4n) is 2.10. The van der Waals surface area contributed by atoms with Gasteiger partial charge in [-0.15, -0.1) is 0 Å². The molecule has 98 valence electrons. The Morgan fingerprint density at radius 1 is 1.28 bits per heavy atom. The Kier molecular flexibility index (Phi) is 3.55. The summed E-state index contributed by atoms with van der Waals surface area (Å²) in [5.74, 6) is 1.38. The minimum absolute atomic E-state index is 0.380. The van der Waals surface area contributed by atoms with Crippen LogP contribution in [0.3, 0.4) is 0 Å². The minimum atomic E-state index is 0.380. The summed E-state index contributed by atoms with van der Waals surface area (Å²) in [7, 11) is 0. The second kappa shape index (κ2) is 4.96. The van der Waals surface area contributed by atoms with E-state index in [0.717, 1.165) is 23.6 Å². The molecule has 2 aromatic rings. The molecule has 0 saturated heterocycles. The number of nitrogens with zero attached hydrogens (tertiary/aromatic N) is 3. The first-order valence-electron chi connectivity index (χ1n) is 6.66. The maximum Gasteiger partial charge on any atom is 0.158 e. The number of anilines is 1. The fourth-order valence-corrected chi connectivity index (χ4v) is 2.10. The molecule has 1 N–H and O–H groups in total. The van der Waals surface area contributed by atoms with Gasteiger partial charge < -0.3 is 5.32 Å². The Labute approximate surface area is 108 Å². The molecule has 2 aromatic heterocycles. The highest BCUT2D eigenvalue weighted by molar-refractivity contribution is 5.51. The first-order chi connectivity index (χ1) is 8.52. The van der Waals surface area contributed by atoms with Gasteiger partial charge in [-0.2, -0.15) is 0 Å². The van der Waals surface area contributed by atoms with Crippen molar-refractivity contribution < 1.29 is 0 Å². The Morgan fingerprint density at radius 2 is 2.00 bits per heavy atom. The summed E-state index contributed by atoms with van der Waals surface area (Å²) in [5, 5.41) is 3.37. The van der Waals surface area contributed by atoms with Crippen LogP contribution in [-0.4, -0.2) is 20.4 Å². The van der Waals surface area contributed by atoms with E-state index in [1.807, 2.05) is 6.20 Å². The molecule has 0 fully saturated rings. The lowest BCUT2D eigenvalue weighted by Gasteiger charge is -2.13. The van der Waals surface area contributed by atoms with Gasteiger partial charge in [0, 0.05) is 17.9 Å². The summed E-state index contributed by atoms with van der Waals surface area (Å²) in [5.41, 5.74) is 3.26. The van der Waals surface area contributed by atoms with Crippen molar-refractivity contribution in [3.8, 4) is 0 Å². The predicted octanol–water partition coefficient (Wildman–Crippen LogP) is 3.24. The number of aryl methyl sites for hydroxylation is 1. The van der Waals surface area contributed by atoms with Gasteiger partial charge in [0.15, 0.2) is 5.65 Å². The van der Waals surface area contributed by atoms with E-state index in [4.69, 9.17) is 0 Å². The Morgan fingerprint density at radius 3 is 2.56 bits per heavy atom.